The minimum absolute atomic E-state index is 0.450. The van der Waals surface area contributed by atoms with Gasteiger partial charge >= 0.3 is 0 Å². The Labute approximate surface area is 102 Å². The zero-order valence-corrected chi connectivity index (χ0v) is 10.2. The van der Waals surface area contributed by atoms with E-state index in [0.717, 1.165) is 26.1 Å². The van der Waals surface area contributed by atoms with Gasteiger partial charge in [0.15, 0.2) is 0 Å². The van der Waals surface area contributed by atoms with E-state index in [2.05, 4.69) is 37.3 Å². The molecule has 90 valence electrons. The molecule has 0 bridgehead atoms. The maximum atomic E-state index is 5.33. The van der Waals surface area contributed by atoms with Gasteiger partial charge in [0.25, 0.3) is 0 Å². The van der Waals surface area contributed by atoms with Gasteiger partial charge in [-0.2, -0.15) is 0 Å². The molecule has 0 N–H and O–H groups in total. The van der Waals surface area contributed by atoms with Crippen LogP contribution >= 0.6 is 0 Å². The Balaban J connectivity index is 1.88. The van der Waals surface area contributed by atoms with Crippen LogP contribution in [0.5, 0.6) is 0 Å². The van der Waals surface area contributed by atoms with E-state index < -0.39 is 0 Å². The maximum Gasteiger partial charge on any atom is 0.0850 e. The van der Waals surface area contributed by atoms with Gasteiger partial charge in [-0.1, -0.05) is 30.4 Å². The van der Waals surface area contributed by atoms with Gasteiger partial charge in [-0.15, -0.1) is 0 Å². The monoisotopic (exact) mass is 230 g/mol. The number of hydrogen-bond acceptors (Lipinski definition) is 2. The van der Waals surface area contributed by atoms with Gasteiger partial charge in [0.05, 0.1) is 25.4 Å². The second-order valence-corrected chi connectivity index (χ2v) is 4.81. The van der Waals surface area contributed by atoms with Gasteiger partial charge in [-0.3, -0.25) is 0 Å². The lowest BCUT2D eigenvalue weighted by Crippen LogP contribution is -2.02. The summed E-state index contributed by atoms with van der Waals surface area (Å²) in [6.07, 6.45) is 7.31. The summed E-state index contributed by atoms with van der Waals surface area (Å²) in [4.78, 5) is 0. The van der Waals surface area contributed by atoms with Gasteiger partial charge in [0.1, 0.15) is 0 Å². The SMILES string of the molecule is CC=Cc1c(CC2CO2)cccc1CC1CO1. The summed E-state index contributed by atoms with van der Waals surface area (Å²) in [7, 11) is 0. The first kappa shape index (κ1) is 11.0. The molecular formula is C15H18O2. The number of rotatable bonds is 5. The summed E-state index contributed by atoms with van der Waals surface area (Å²) in [6, 6.07) is 6.59. The quantitative estimate of drug-likeness (QED) is 0.726. The predicted molar refractivity (Wildman–Crippen MR) is 68.0 cm³/mol. The van der Waals surface area contributed by atoms with Gasteiger partial charge in [0, 0.05) is 12.8 Å². The van der Waals surface area contributed by atoms with E-state index in [-0.39, 0.29) is 0 Å². The van der Waals surface area contributed by atoms with Gasteiger partial charge < -0.3 is 9.47 Å². The summed E-state index contributed by atoms with van der Waals surface area (Å²) >= 11 is 0. The number of epoxide rings is 2. The van der Waals surface area contributed by atoms with Crippen LogP contribution in [0, 0.1) is 0 Å². The summed E-state index contributed by atoms with van der Waals surface area (Å²) in [6.45, 7) is 3.91. The zero-order chi connectivity index (χ0) is 11.7. The fourth-order valence-corrected chi connectivity index (χ4v) is 2.27. The molecule has 0 amide bonds. The summed E-state index contributed by atoms with van der Waals surface area (Å²) < 4.78 is 10.7. The van der Waals surface area contributed by atoms with Crippen LogP contribution in [0.1, 0.15) is 23.6 Å². The molecule has 2 unspecified atom stereocenters. The van der Waals surface area contributed by atoms with E-state index in [1.807, 2.05) is 0 Å². The van der Waals surface area contributed by atoms with E-state index in [0.29, 0.717) is 12.2 Å². The van der Waals surface area contributed by atoms with Crippen molar-refractivity contribution in [2.75, 3.05) is 13.2 Å². The fraction of sp³-hybridized carbons (Fsp3) is 0.467. The number of allylic oxidation sites excluding steroid dienone is 1. The highest BCUT2D eigenvalue weighted by Crippen LogP contribution is 2.26. The van der Waals surface area contributed by atoms with Crippen LogP contribution < -0.4 is 0 Å². The van der Waals surface area contributed by atoms with Crippen molar-refractivity contribution in [2.24, 2.45) is 0 Å². The van der Waals surface area contributed by atoms with Crippen molar-refractivity contribution in [1.29, 1.82) is 0 Å². The summed E-state index contributed by atoms with van der Waals surface area (Å²) in [5.74, 6) is 0. The Hall–Kier alpha value is -1.12. The summed E-state index contributed by atoms with van der Waals surface area (Å²) in [5.41, 5.74) is 4.19. The van der Waals surface area contributed by atoms with Crippen molar-refractivity contribution in [3.05, 3.63) is 41.0 Å². The highest BCUT2D eigenvalue weighted by molar-refractivity contribution is 5.58. The molecule has 2 nitrogen and oxygen atoms in total. The normalized spacial score (nSPS) is 26.4. The van der Waals surface area contributed by atoms with Crippen molar-refractivity contribution in [3.63, 3.8) is 0 Å². The lowest BCUT2D eigenvalue weighted by molar-refractivity contribution is 0.406. The van der Waals surface area contributed by atoms with Crippen molar-refractivity contribution in [2.45, 2.75) is 32.0 Å². The molecule has 0 saturated carbocycles. The minimum Gasteiger partial charge on any atom is -0.373 e. The fourth-order valence-electron chi connectivity index (χ4n) is 2.27. The number of ether oxygens (including phenoxy) is 2. The highest BCUT2D eigenvalue weighted by atomic mass is 16.6. The third kappa shape index (κ3) is 2.76. The smallest absolute Gasteiger partial charge is 0.0850 e. The first-order valence-electron chi connectivity index (χ1n) is 6.33. The molecule has 1 aromatic rings. The molecule has 0 spiro atoms. The Morgan fingerprint density at radius 1 is 1.12 bits per heavy atom. The predicted octanol–water partition coefficient (Wildman–Crippen LogP) is 2.60. The molecule has 2 heterocycles. The molecule has 17 heavy (non-hydrogen) atoms. The molecule has 2 fully saturated rings. The van der Waals surface area contributed by atoms with Gasteiger partial charge in [-0.05, 0) is 23.6 Å². The average Bonchev–Trinajstić information content (AvgIpc) is 3.17. The third-order valence-corrected chi connectivity index (χ3v) is 3.32. The molecule has 2 aliphatic heterocycles. The lowest BCUT2D eigenvalue weighted by Gasteiger charge is -2.10. The molecule has 2 aliphatic rings. The Morgan fingerprint density at radius 2 is 1.65 bits per heavy atom. The van der Waals surface area contributed by atoms with Crippen LogP contribution in [0.3, 0.4) is 0 Å². The largest absolute Gasteiger partial charge is 0.373 e. The molecule has 2 heteroatoms. The second-order valence-electron chi connectivity index (χ2n) is 4.81. The number of hydrogen-bond donors (Lipinski definition) is 0. The van der Waals surface area contributed by atoms with Crippen LogP contribution in [-0.2, 0) is 22.3 Å². The molecule has 0 aromatic heterocycles. The van der Waals surface area contributed by atoms with Crippen molar-refractivity contribution in [1.82, 2.24) is 0 Å². The first-order chi connectivity index (χ1) is 8.36. The molecule has 0 aliphatic carbocycles. The van der Waals surface area contributed by atoms with Crippen molar-refractivity contribution < 1.29 is 9.47 Å². The second kappa shape index (κ2) is 4.63. The van der Waals surface area contributed by atoms with Gasteiger partial charge in [0.2, 0.25) is 0 Å². The zero-order valence-electron chi connectivity index (χ0n) is 10.2. The van der Waals surface area contributed by atoms with E-state index >= 15 is 0 Å². The molecular weight excluding hydrogens is 212 g/mol. The Bertz CT molecular complexity index is 396. The third-order valence-electron chi connectivity index (χ3n) is 3.32. The number of benzene rings is 1. The van der Waals surface area contributed by atoms with Gasteiger partial charge in [-0.25, -0.2) is 0 Å². The van der Waals surface area contributed by atoms with E-state index in [1.165, 1.54) is 16.7 Å². The van der Waals surface area contributed by atoms with Crippen LogP contribution in [0.15, 0.2) is 24.3 Å². The molecule has 1 aromatic carbocycles. The Kier molecular flexibility index (Phi) is 3.00. The van der Waals surface area contributed by atoms with Crippen LogP contribution in [0.4, 0.5) is 0 Å². The van der Waals surface area contributed by atoms with Crippen LogP contribution in [0.2, 0.25) is 0 Å². The van der Waals surface area contributed by atoms with E-state index in [1.54, 1.807) is 0 Å². The molecule has 2 saturated heterocycles. The van der Waals surface area contributed by atoms with Crippen LogP contribution in [-0.4, -0.2) is 25.4 Å². The first-order valence-corrected chi connectivity index (χ1v) is 6.33. The molecule has 3 rings (SSSR count). The summed E-state index contributed by atoms with van der Waals surface area (Å²) in [5, 5.41) is 0. The maximum absolute atomic E-state index is 5.33. The van der Waals surface area contributed by atoms with Crippen molar-refractivity contribution >= 4 is 6.08 Å². The Morgan fingerprint density at radius 3 is 2.06 bits per heavy atom. The molecule has 0 radical (unpaired) electrons. The average molecular weight is 230 g/mol. The van der Waals surface area contributed by atoms with E-state index in [4.69, 9.17) is 9.47 Å². The minimum atomic E-state index is 0.450. The lowest BCUT2D eigenvalue weighted by atomic mass is 9.95. The highest BCUT2D eigenvalue weighted by Gasteiger charge is 2.26. The van der Waals surface area contributed by atoms with Crippen LogP contribution in [0.25, 0.3) is 6.08 Å². The molecule has 2 atom stereocenters. The standard InChI is InChI=1S/C15H18O2/c1-2-4-15-11(7-13-9-16-13)5-3-6-12(15)8-14-10-17-14/h2-6,13-14H,7-10H2,1H3. The topological polar surface area (TPSA) is 25.1 Å². The van der Waals surface area contributed by atoms with Crippen molar-refractivity contribution in [3.8, 4) is 0 Å². The van der Waals surface area contributed by atoms with E-state index in [9.17, 15) is 0 Å².